The number of carboxylic acid groups (broad SMARTS) is 1. The quantitative estimate of drug-likeness (QED) is 0.0914. The van der Waals surface area contributed by atoms with Gasteiger partial charge in [-0.3, -0.25) is 19.2 Å². The smallest absolute Gasteiger partial charge is 0.303 e. The molecule has 9 nitrogen and oxygen atoms in total. The van der Waals surface area contributed by atoms with Crippen molar-refractivity contribution in [3.63, 3.8) is 0 Å². The zero-order chi connectivity index (χ0) is 26.1. The number of carbonyl (C=O) groups is 4. The second-order valence-corrected chi connectivity index (χ2v) is 9.44. The van der Waals surface area contributed by atoms with Crippen molar-refractivity contribution in [2.45, 2.75) is 71.4 Å². The molecule has 34 heavy (non-hydrogen) atoms. The number of hydrogen-bond donors (Lipinski definition) is 4. The molecule has 194 valence electrons. The maximum atomic E-state index is 12.3. The number of carboxylic acids is 1. The van der Waals surface area contributed by atoms with Crippen molar-refractivity contribution in [3.05, 3.63) is 24.3 Å². The van der Waals surface area contributed by atoms with E-state index in [4.69, 9.17) is 5.11 Å². The Morgan fingerprint density at radius 2 is 1.47 bits per heavy atom. The summed E-state index contributed by atoms with van der Waals surface area (Å²) in [5.74, 6) is -1.25. The van der Waals surface area contributed by atoms with E-state index >= 15 is 0 Å². The summed E-state index contributed by atoms with van der Waals surface area (Å²) in [6.45, 7) is 13.6. The SMILES string of the molecule is C=C(C)C(=O)NCCCNCCC(NC(=O)C(=C)C)[N+](C)(C)CCCCCC(=O)CCC(=O)O. The van der Waals surface area contributed by atoms with Crippen molar-refractivity contribution < 1.29 is 28.8 Å². The molecule has 0 aromatic carbocycles. The van der Waals surface area contributed by atoms with Crippen molar-refractivity contribution in [3.8, 4) is 0 Å². The lowest BCUT2D eigenvalue weighted by Gasteiger charge is -2.38. The highest BCUT2D eigenvalue weighted by Gasteiger charge is 2.29. The average molecular weight is 482 g/mol. The topological polar surface area (TPSA) is 125 Å². The molecule has 0 aliphatic carbocycles. The molecule has 0 aliphatic rings. The van der Waals surface area contributed by atoms with Crippen LogP contribution in [0.3, 0.4) is 0 Å². The molecule has 0 saturated heterocycles. The molecule has 1 unspecified atom stereocenters. The number of nitrogens with zero attached hydrogens (tertiary/aromatic N) is 1. The molecule has 4 N–H and O–H groups in total. The molecule has 1 atom stereocenters. The Labute approximate surface area is 204 Å². The van der Waals surface area contributed by atoms with E-state index in [1.807, 2.05) is 0 Å². The summed E-state index contributed by atoms with van der Waals surface area (Å²) in [7, 11) is 4.16. The molecule has 0 aromatic heterocycles. The van der Waals surface area contributed by atoms with E-state index in [0.29, 0.717) is 28.6 Å². The second kappa shape index (κ2) is 17.0. The number of carbonyl (C=O) groups excluding carboxylic acids is 3. The van der Waals surface area contributed by atoms with E-state index in [9.17, 15) is 19.2 Å². The number of amides is 2. The zero-order valence-corrected chi connectivity index (χ0v) is 21.5. The number of Topliss-reactive ketones (excluding diaryl/α,β-unsaturated/α-hetero) is 1. The van der Waals surface area contributed by atoms with Gasteiger partial charge in [-0.25, -0.2) is 0 Å². The standard InChI is InChI=1S/C25H44N4O5/c1-19(2)24(33)27-16-10-15-26-17-14-22(28-25(34)20(3)4)29(5,6)18-9-7-8-11-21(30)12-13-23(31)32/h22,26H,1,3,7-18H2,2,4-6H3,(H2-,27,28,31,32,33,34)/p+1. The molecule has 0 spiro atoms. The zero-order valence-electron chi connectivity index (χ0n) is 21.5. The molecule has 0 rings (SSSR count). The Kier molecular flexibility index (Phi) is 15.7. The normalized spacial score (nSPS) is 12.0. The van der Waals surface area contributed by atoms with Crippen LogP contribution in [0.5, 0.6) is 0 Å². The number of nitrogens with one attached hydrogen (secondary N) is 3. The maximum absolute atomic E-state index is 12.3. The van der Waals surface area contributed by atoms with E-state index in [-0.39, 0.29) is 36.6 Å². The van der Waals surface area contributed by atoms with E-state index < -0.39 is 5.97 Å². The van der Waals surface area contributed by atoms with Crippen LogP contribution in [0.15, 0.2) is 24.3 Å². The minimum atomic E-state index is -0.945. The number of ketones is 1. The lowest BCUT2D eigenvalue weighted by Crippen LogP contribution is -2.58. The number of hydrogen-bond acceptors (Lipinski definition) is 5. The molecule has 0 fully saturated rings. The highest BCUT2D eigenvalue weighted by atomic mass is 16.4. The van der Waals surface area contributed by atoms with Crippen molar-refractivity contribution in [1.29, 1.82) is 0 Å². The molecular formula is C25H45N4O5+. The fourth-order valence-electron chi connectivity index (χ4n) is 3.35. The van der Waals surface area contributed by atoms with Crippen LogP contribution < -0.4 is 16.0 Å². The predicted molar refractivity (Wildman–Crippen MR) is 134 cm³/mol. The minimum absolute atomic E-state index is 0.00647. The first-order valence-corrected chi connectivity index (χ1v) is 12.0. The van der Waals surface area contributed by atoms with E-state index in [1.165, 1.54) is 0 Å². The number of unbranched alkanes of at least 4 members (excludes halogenated alkanes) is 2. The summed E-state index contributed by atoms with van der Waals surface area (Å²) in [4.78, 5) is 46.0. The van der Waals surface area contributed by atoms with Crippen LogP contribution in [0, 0.1) is 0 Å². The Morgan fingerprint density at radius 1 is 0.824 bits per heavy atom. The van der Waals surface area contributed by atoms with Gasteiger partial charge in [0, 0.05) is 43.5 Å². The molecule has 0 aromatic rings. The van der Waals surface area contributed by atoms with Crippen molar-refractivity contribution >= 4 is 23.6 Å². The Balaban J connectivity index is 4.47. The molecule has 2 amide bonds. The van der Waals surface area contributed by atoms with Crippen LogP contribution in [0.1, 0.15) is 65.2 Å². The fraction of sp³-hybridized carbons (Fsp3) is 0.680. The summed E-state index contributed by atoms with van der Waals surface area (Å²) in [5.41, 5.74) is 0.958. The third kappa shape index (κ3) is 15.3. The lowest BCUT2D eigenvalue weighted by atomic mass is 10.1. The van der Waals surface area contributed by atoms with Gasteiger partial charge in [-0.2, -0.15) is 0 Å². The molecular weight excluding hydrogens is 436 g/mol. The molecule has 9 heteroatoms. The van der Waals surface area contributed by atoms with Crippen LogP contribution >= 0.6 is 0 Å². The Hall–Kier alpha value is -2.52. The summed E-state index contributed by atoms with van der Waals surface area (Å²) >= 11 is 0. The van der Waals surface area contributed by atoms with Gasteiger partial charge in [0.25, 0.3) is 5.91 Å². The van der Waals surface area contributed by atoms with Gasteiger partial charge in [0.05, 0.1) is 27.1 Å². The maximum Gasteiger partial charge on any atom is 0.303 e. The van der Waals surface area contributed by atoms with Gasteiger partial charge in [0.2, 0.25) is 5.91 Å². The van der Waals surface area contributed by atoms with E-state index in [2.05, 4.69) is 43.2 Å². The molecule has 0 aliphatic heterocycles. The lowest BCUT2D eigenvalue weighted by molar-refractivity contribution is -0.917. The molecule has 0 saturated carbocycles. The predicted octanol–water partition coefficient (Wildman–Crippen LogP) is 2.14. The van der Waals surface area contributed by atoms with Crippen LogP contribution in [-0.2, 0) is 19.2 Å². The highest BCUT2D eigenvalue weighted by molar-refractivity contribution is 5.92. The summed E-state index contributed by atoms with van der Waals surface area (Å²) in [5, 5.41) is 17.9. The van der Waals surface area contributed by atoms with Gasteiger partial charge in [-0.1, -0.05) is 13.2 Å². The monoisotopic (exact) mass is 481 g/mol. The highest BCUT2D eigenvalue weighted by Crippen LogP contribution is 2.13. The summed E-state index contributed by atoms with van der Waals surface area (Å²) < 4.78 is 0.600. The van der Waals surface area contributed by atoms with Crippen LogP contribution in [-0.4, -0.2) is 79.6 Å². The second-order valence-electron chi connectivity index (χ2n) is 9.44. The van der Waals surface area contributed by atoms with Gasteiger partial charge in [0.1, 0.15) is 5.78 Å². The van der Waals surface area contributed by atoms with Gasteiger partial charge >= 0.3 is 5.97 Å². The van der Waals surface area contributed by atoms with Gasteiger partial charge in [-0.05, 0) is 46.1 Å². The first-order valence-electron chi connectivity index (χ1n) is 12.0. The van der Waals surface area contributed by atoms with E-state index in [0.717, 1.165) is 51.7 Å². The van der Waals surface area contributed by atoms with Gasteiger partial charge < -0.3 is 25.5 Å². The van der Waals surface area contributed by atoms with E-state index in [1.54, 1.807) is 13.8 Å². The summed E-state index contributed by atoms with van der Waals surface area (Å²) in [6, 6.07) is 0. The molecule has 0 radical (unpaired) electrons. The van der Waals surface area contributed by atoms with Crippen LogP contribution in [0.25, 0.3) is 0 Å². The fourth-order valence-corrected chi connectivity index (χ4v) is 3.35. The number of rotatable bonds is 20. The van der Waals surface area contributed by atoms with Crippen LogP contribution in [0.4, 0.5) is 0 Å². The largest absolute Gasteiger partial charge is 0.481 e. The van der Waals surface area contributed by atoms with Crippen molar-refractivity contribution in [2.75, 3.05) is 40.3 Å². The first kappa shape index (κ1) is 31.5. The number of aliphatic carboxylic acids is 1. The average Bonchev–Trinajstić information content (AvgIpc) is 2.75. The van der Waals surface area contributed by atoms with Gasteiger partial charge in [-0.15, -0.1) is 0 Å². The Bertz CT molecular complexity index is 718. The first-order chi connectivity index (χ1) is 15.9. The Morgan fingerprint density at radius 3 is 2.06 bits per heavy atom. The van der Waals surface area contributed by atoms with Crippen molar-refractivity contribution in [1.82, 2.24) is 16.0 Å². The van der Waals surface area contributed by atoms with Crippen molar-refractivity contribution in [2.24, 2.45) is 0 Å². The van der Waals surface area contributed by atoms with Gasteiger partial charge in [0.15, 0.2) is 6.17 Å². The summed E-state index contributed by atoms with van der Waals surface area (Å²) in [6.07, 6.45) is 4.34. The third-order valence-corrected chi connectivity index (χ3v) is 5.63. The van der Waals surface area contributed by atoms with Crippen LogP contribution in [0.2, 0.25) is 0 Å². The molecule has 0 heterocycles. The minimum Gasteiger partial charge on any atom is -0.481 e. The third-order valence-electron chi connectivity index (χ3n) is 5.63. The molecule has 0 bridgehead atoms. The number of quaternary nitrogens is 1.